The Balaban J connectivity index is 1.87. The third-order valence-electron chi connectivity index (χ3n) is 4.54. The molecule has 0 saturated carbocycles. The van der Waals surface area contributed by atoms with Gasteiger partial charge in [0.15, 0.2) is 0 Å². The molecule has 1 atom stereocenters. The highest BCUT2D eigenvalue weighted by atomic mass is 19.4. The van der Waals surface area contributed by atoms with Crippen LogP contribution in [-0.4, -0.2) is 46.4 Å². The second-order valence-corrected chi connectivity index (χ2v) is 6.26. The van der Waals surface area contributed by atoms with Gasteiger partial charge in [-0.05, 0) is 31.5 Å². The van der Waals surface area contributed by atoms with Crippen LogP contribution in [0, 0.1) is 6.92 Å². The third-order valence-corrected chi connectivity index (χ3v) is 4.54. The smallest absolute Gasteiger partial charge is 0.375 e. The van der Waals surface area contributed by atoms with E-state index in [1.807, 2.05) is 6.92 Å². The van der Waals surface area contributed by atoms with Gasteiger partial charge in [0.2, 0.25) is 0 Å². The Morgan fingerprint density at radius 2 is 2.15 bits per heavy atom. The number of hydrogen-bond donors (Lipinski definition) is 0. The molecular weight excluding hydrogens is 347 g/mol. The van der Waals surface area contributed by atoms with Crippen LogP contribution in [0.15, 0.2) is 30.5 Å². The molecule has 0 bridgehead atoms. The highest BCUT2D eigenvalue weighted by molar-refractivity contribution is 5.95. The number of morpholine rings is 1. The van der Waals surface area contributed by atoms with Crippen LogP contribution in [0.5, 0.6) is 0 Å². The van der Waals surface area contributed by atoms with Gasteiger partial charge < -0.3 is 9.64 Å². The molecule has 1 fully saturated rings. The van der Waals surface area contributed by atoms with Gasteiger partial charge in [-0.3, -0.25) is 4.79 Å². The van der Waals surface area contributed by atoms with Crippen LogP contribution < -0.4 is 0 Å². The Kier molecular flexibility index (Phi) is 5.04. The first-order valence-corrected chi connectivity index (χ1v) is 8.44. The van der Waals surface area contributed by atoms with Gasteiger partial charge in [0, 0.05) is 13.1 Å². The first-order valence-electron chi connectivity index (χ1n) is 8.44. The van der Waals surface area contributed by atoms with E-state index in [-0.39, 0.29) is 17.7 Å². The molecular formula is C18H20F3N3O2. The lowest BCUT2D eigenvalue weighted by atomic mass is 10.1. The maximum atomic E-state index is 12.9. The minimum atomic E-state index is -4.43. The molecule has 3 rings (SSSR count). The summed E-state index contributed by atoms with van der Waals surface area (Å²) < 4.78 is 45.7. The molecule has 1 aromatic heterocycles. The van der Waals surface area contributed by atoms with E-state index in [0.717, 1.165) is 18.6 Å². The molecule has 5 nitrogen and oxygen atoms in total. The maximum Gasteiger partial charge on any atom is 0.416 e. The van der Waals surface area contributed by atoms with Crippen molar-refractivity contribution in [3.05, 3.63) is 47.3 Å². The molecule has 2 aromatic rings. The van der Waals surface area contributed by atoms with Crippen molar-refractivity contribution in [1.82, 2.24) is 14.7 Å². The van der Waals surface area contributed by atoms with Crippen molar-refractivity contribution in [2.24, 2.45) is 0 Å². The van der Waals surface area contributed by atoms with Crippen molar-refractivity contribution in [3.63, 3.8) is 0 Å². The van der Waals surface area contributed by atoms with Gasteiger partial charge in [-0.1, -0.05) is 13.0 Å². The van der Waals surface area contributed by atoms with Crippen LogP contribution in [0.25, 0.3) is 5.69 Å². The zero-order valence-electron chi connectivity index (χ0n) is 14.6. The van der Waals surface area contributed by atoms with Crippen LogP contribution in [-0.2, 0) is 10.9 Å². The number of carbonyl (C=O) groups is 1. The predicted octanol–water partition coefficient (Wildman–Crippen LogP) is 3.45. The van der Waals surface area contributed by atoms with E-state index in [9.17, 15) is 18.0 Å². The van der Waals surface area contributed by atoms with Gasteiger partial charge in [0.1, 0.15) is 0 Å². The Bertz CT molecular complexity index is 801. The van der Waals surface area contributed by atoms with Crippen LogP contribution in [0.3, 0.4) is 0 Å². The van der Waals surface area contributed by atoms with Crippen LogP contribution in [0.1, 0.15) is 35.0 Å². The Labute approximate surface area is 149 Å². The van der Waals surface area contributed by atoms with Crippen LogP contribution >= 0.6 is 0 Å². The standard InChI is InChI=1S/C18H20F3N3O2/c1-3-15-11-23(7-8-26-15)17(25)16-10-22-24(12(16)2)14-6-4-5-13(9-14)18(19,20)21/h4-6,9-10,15H,3,7-8,11H2,1-2H3/t15-/m1/s1. The van der Waals surface area contributed by atoms with Gasteiger partial charge in [0.25, 0.3) is 5.91 Å². The third kappa shape index (κ3) is 3.60. The molecule has 1 amide bonds. The van der Waals surface area contributed by atoms with Crippen molar-refractivity contribution < 1.29 is 22.7 Å². The average molecular weight is 367 g/mol. The quantitative estimate of drug-likeness (QED) is 0.835. The van der Waals surface area contributed by atoms with Crippen molar-refractivity contribution >= 4 is 5.91 Å². The summed E-state index contributed by atoms with van der Waals surface area (Å²) in [5, 5.41) is 4.13. The summed E-state index contributed by atoms with van der Waals surface area (Å²) >= 11 is 0. The molecule has 0 unspecified atom stereocenters. The zero-order chi connectivity index (χ0) is 18.9. The van der Waals surface area contributed by atoms with E-state index >= 15 is 0 Å². The lowest BCUT2D eigenvalue weighted by Crippen LogP contribution is -2.45. The summed E-state index contributed by atoms with van der Waals surface area (Å²) in [6.07, 6.45) is -2.20. The van der Waals surface area contributed by atoms with E-state index in [4.69, 9.17) is 4.74 Å². The predicted molar refractivity (Wildman–Crippen MR) is 89.2 cm³/mol. The molecule has 0 aliphatic carbocycles. The average Bonchev–Trinajstić information content (AvgIpc) is 3.02. The molecule has 0 spiro atoms. The first kappa shape index (κ1) is 18.4. The zero-order valence-corrected chi connectivity index (χ0v) is 14.6. The van der Waals surface area contributed by atoms with E-state index < -0.39 is 11.7 Å². The van der Waals surface area contributed by atoms with E-state index in [0.29, 0.717) is 31.0 Å². The maximum absolute atomic E-state index is 12.9. The number of rotatable bonds is 3. The van der Waals surface area contributed by atoms with Gasteiger partial charge >= 0.3 is 6.18 Å². The monoisotopic (exact) mass is 367 g/mol. The second-order valence-electron chi connectivity index (χ2n) is 6.26. The van der Waals surface area contributed by atoms with Gasteiger partial charge in [0.05, 0.1) is 41.4 Å². The fourth-order valence-electron chi connectivity index (χ4n) is 3.01. The van der Waals surface area contributed by atoms with Gasteiger partial charge in [-0.15, -0.1) is 0 Å². The molecule has 8 heteroatoms. The molecule has 26 heavy (non-hydrogen) atoms. The highest BCUT2D eigenvalue weighted by Crippen LogP contribution is 2.30. The van der Waals surface area contributed by atoms with Gasteiger partial charge in [-0.2, -0.15) is 18.3 Å². The van der Waals surface area contributed by atoms with E-state index in [1.54, 1.807) is 11.8 Å². The van der Waals surface area contributed by atoms with E-state index in [1.165, 1.54) is 23.0 Å². The number of benzene rings is 1. The number of nitrogens with zero attached hydrogens (tertiary/aromatic N) is 3. The lowest BCUT2D eigenvalue weighted by molar-refractivity contribution is -0.137. The second kappa shape index (κ2) is 7.11. The first-order chi connectivity index (χ1) is 12.3. The number of amides is 1. The fourth-order valence-corrected chi connectivity index (χ4v) is 3.01. The van der Waals surface area contributed by atoms with Crippen molar-refractivity contribution in [2.75, 3.05) is 19.7 Å². The number of hydrogen-bond acceptors (Lipinski definition) is 3. The number of carbonyl (C=O) groups excluding carboxylic acids is 1. The molecule has 1 saturated heterocycles. The topological polar surface area (TPSA) is 47.4 Å². The minimum absolute atomic E-state index is 0.00604. The van der Waals surface area contributed by atoms with Crippen molar-refractivity contribution in [3.8, 4) is 5.69 Å². The van der Waals surface area contributed by atoms with Crippen LogP contribution in [0.2, 0.25) is 0 Å². The summed E-state index contributed by atoms with van der Waals surface area (Å²) in [6, 6.07) is 4.89. The largest absolute Gasteiger partial charge is 0.416 e. The molecule has 2 heterocycles. The molecule has 0 radical (unpaired) electrons. The summed E-state index contributed by atoms with van der Waals surface area (Å²) in [4.78, 5) is 14.5. The molecule has 140 valence electrons. The SMILES string of the molecule is CC[C@@H]1CN(C(=O)c2cnn(-c3cccc(C(F)(F)F)c3)c2C)CCO1. The lowest BCUT2D eigenvalue weighted by Gasteiger charge is -2.32. The number of aromatic nitrogens is 2. The summed E-state index contributed by atoms with van der Waals surface area (Å²) in [5.41, 5.74) is 0.412. The van der Waals surface area contributed by atoms with Gasteiger partial charge in [-0.25, -0.2) is 4.68 Å². The molecule has 1 aliphatic heterocycles. The van der Waals surface area contributed by atoms with Crippen molar-refractivity contribution in [2.45, 2.75) is 32.5 Å². The summed E-state index contributed by atoms with van der Waals surface area (Å²) in [5.74, 6) is -0.178. The number of ether oxygens (including phenoxy) is 1. The highest BCUT2D eigenvalue weighted by Gasteiger charge is 2.31. The molecule has 1 aromatic carbocycles. The Hall–Kier alpha value is -2.35. The number of halogens is 3. The Morgan fingerprint density at radius 1 is 1.38 bits per heavy atom. The minimum Gasteiger partial charge on any atom is -0.375 e. The molecule has 0 N–H and O–H groups in total. The van der Waals surface area contributed by atoms with Crippen molar-refractivity contribution in [1.29, 1.82) is 0 Å². The van der Waals surface area contributed by atoms with E-state index in [2.05, 4.69) is 5.10 Å². The summed E-state index contributed by atoms with van der Waals surface area (Å²) in [7, 11) is 0. The Morgan fingerprint density at radius 3 is 2.85 bits per heavy atom. The normalized spacial score (nSPS) is 18.2. The summed E-state index contributed by atoms with van der Waals surface area (Å²) in [6.45, 7) is 5.14. The fraction of sp³-hybridized carbons (Fsp3) is 0.444. The molecule has 1 aliphatic rings. The number of alkyl halides is 3. The van der Waals surface area contributed by atoms with Crippen LogP contribution in [0.4, 0.5) is 13.2 Å².